The number of hydrogen-bond donors (Lipinski definition) is 6. The number of carbonyl (C=O) groups excluding carboxylic acids is 3. The zero-order chi connectivity index (χ0) is 24.7. The normalized spacial score (nSPS) is 18.5. The number of thioether (sulfide) groups is 1. The topological polar surface area (TPSA) is 147 Å². The van der Waals surface area contributed by atoms with Crippen LogP contribution in [0.1, 0.15) is 38.7 Å². The summed E-state index contributed by atoms with van der Waals surface area (Å²) in [6.45, 7) is 4.24. The van der Waals surface area contributed by atoms with Crippen LogP contribution in [0.5, 0.6) is 0 Å². The van der Waals surface area contributed by atoms with Crippen LogP contribution in [0.25, 0.3) is 10.9 Å². The molecule has 0 aliphatic carbocycles. The van der Waals surface area contributed by atoms with E-state index in [1.807, 2.05) is 44.3 Å². The summed E-state index contributed by atoms with van der Waals surface area (Å²) in [5.41, 5.74) is 1.93. The van der Waals surface area contributed by atoms with E-state index < -0.39 is 18.2 Å². The summed E-state index contributed by atoms with van der Waals surface area (Å²) in [4.78, 5) is 41.2. The molecule has 9 nitrogen and oxygen atoms in total. The fraction of sp³-hybridized carbons (Fsp3) is 0.500. The molecule has 3 rings (SSSR count). The monoisotopic (exact) mass is 487 g/mol. The third-order valence-electron chi connectivity index (χ3n) is 5.73. The van der Waals surface area contributed by atoms with Crippen LogP contribution in [0.2, 0.25) is 0 Å². The number of aliphatic hydroxyl groups excluding tert-OH is 1. The van der Waals surface area contributed by atoms with Crippen molar-refractivity contribution < 1.29 is 19.5 Å². The molecule has 2 unspecified atom stereocenters. The number of aliphatic hydroxyl groups is 1. The third kappa shape index (κ3) is 7.15. The Kier molecular flexibility index (Phi) is 9.26. The van der Waals surface area contributed by atoms with Crippen LogP contribution in [0.15, 0.2) is 30.5 Å². The maximum Gasteiger partial charge on any atom is 0.238 e. The molecule has 4 atom stereocenters. The van der Waals surface area contributed by atoms with E-state index in [0.717, 1.165) is 34.4 Å². The maximum atomic E-state index is 13.4. The molecule has 0 radical (unpaired) electrons. The molecule has 0 saturated carbocycles. The van der Waals surface area contributed by atoms with Crippen molar-refractivity contribution in [3.05, 3.63) is 36.0 Å². The highest BCUT2D eigenvalue weighted by atomic mass is 32.2. The SMILES string of the molecule is CC(C)SC(=O)[C@H](CCC(O)C=N)NC(=O)[C@H](Cc1c[nH]c2ccccc12)NC1CNC(=O)C1. The average Bonchev–Trinajstić information content (AvgIpc) is 3.41. The van der Waals surface area contributed by atoms with Gasteiger partial charge in [0.15, 0.2) is 0 Å². The van der Waals surface area contributed by atoms with E-state index in [9.17, 15) is 19.5 Å². The summed E-state index contributed by atoms with van der Waals surface area (Å²) in [6, 6.07) is 6.19. The summed E-state index contributed by atoms with van der Waals surface area (Å²) in [5.74, 6) is -0.401. The first-order valence-electron chi connectivity index (χ1n) is 11.5. The highest BCUT2D eigenvalue weighted by Gasteiger charge is 2.31. The van der Waals surface area contributed by atoms with Crippen molar-refractivity contribution in [2.75, 3.05) is 6.54 Å². The van der Waals surface area contributed by atoms with Crippen LogP contribution in [0.4, 0.5) is 0 Å². The van der Waals surface area contributed by atoms with Crippen molar-refractivity contribution in [2.24, 2.45) is 0 Å². The van der Waals surface area contributed by atoms with Gasteiger partial charge in [0.05, 0.1) is 18.2 Å². The quantitative estimate of drug-likeness (QED) is 0.250. The van der Waals surface area contributed by atoms with Gasteiger partial charge in [0.2, 0.25) is 16.9 Å². The number of aromatic nitrogens is 1. The smallest absolute Gasteiger partial charge is 0.238 e. The second-order valence-electron chi connectivity index (χ2n) is 8.85. The van der Waals surface area contributed by atoms with Crippen molar-refractivity contribution in [1.82, 2.24) is 20.9 Å². The summed E-state index contributed by atoms with van der Waals surface area (Å²) in [7, 11) is 0. The minimum absolute atomic E-state index is 0.0512. The predicted molar refractivity (Wildman–Crippen MR) is 134 cm³/mol. The molecule has 1 saturated heterocycles. The van der Waals surface area contributed by atoms with Gasteiger partial charge in [0.1, 0.15) is 0 Å². The van der Waals surface area contributed by atoms with Gasteiger partial charge in [0, 0.05) is 47.6 Å². The van der Waals surface area contributed by atoms with Gasteiger partial charge in [-0.25, -0.2) is 0 Å². The molecule has 184 valence electrons. The van der Waals surface area contributed by atoms with E-state index in [1.54, 1.807) is 0 Å². The standard InChI is InChI=1S/C24H33N5O4S/c1-14(2)34-24(33)20(8-7-17(30)11-25)29-23(32)21(28-16-10-22(31)27-13-16)9-15-12-26-19-6-4-3-5-18(15)19/h3-6,11-12,14,16-17,20-21,25-26,28,30H,7-10,13H2,1-2H3,(H,27,31)(H,29,32)/t16?,17?,20-,21-/m0/s1. The van der Waals surface area contributed by atoms with Gasteiger partial charge >= 0.3 is 0 Å². The lowest BCUT2D eigenvalue weighted by atomic mass is 10.0. The number of benzene rings is 1. The van der Waals surface area contributed by atoms with Gasteiger partial charge < -0.3 is 31.5 Å². The number of H-pyrrole nitrogens is 1. The van der Waals surface area contributed by atoms with Crippen LogP contribution in [0, 0.1) is 5.41 Å². The van der Waals surface area contributed by atoms with Gasteiger partial charge in [-0.05, 0) is 30.9 Å². The number of carbonyl (C=O) groups is 3. The first-order valence-corrected chi connectivity index (χ1v) is 12.4. The molecule has 1 aliphatic heterocycles. The molecule has 1 aromatic carbocycles. The Bertz CT molecular complexity index is 1020. The van der Waals surface area contributed by atoms with Crippen molar-refractivity contribution >= 4 is 45.8 Å². The molecule has 2 amide bonds. The lowest BCUT2D eigenvalue weighted by Gasteiger charge is -2.25. The zero-order valence-corrected chi connectivity index (χ0v) is 20.3. The summed E-state index contributed by atoms with van der Waals surface area (Å²) < 4.78 is 0. The lowest BCUT2D eigenvalue weighted by Crippen LogP contribution is -2.53. The molecule has 1 aliphatic rings. The van der Waals surface area contributed by atoms with Crippen LogP contribution in [-0.4, -0.2) is 69.3 Å². The van der Waals surface area contributed by atoms with Crippen molar-refractivity contribution in [1.29, 1.82) is 5.41 Å². The van der Waals surface area contributed by atoms with Crippen LogP contribution >= 0.6 is 11.8 Å². The molecule has 1 fully saturated rings. The van der Waals surface area contributed by atoms with Gasteiger partial charge in [-0.3, -0.25) is 14.4 Å². The number of hydrogen-bond acceptors (Lipinski definition) is 7. The Morgan fingerprint density at radius 3 is 2.71 bits per heavy atom. The molecule has 2 heterocycles. The molecule has 34 heavy (non-hydrogen) atoms. The number of nitrogens with one attached hydrogen (secondary N) is 5. The molecule has 10 heteroatoms. The molecule has 1 aromatic heterocycles. The Balaban J connectivity index is 1.78. The van der Waals surface area contributed by atoms with Crippen LogP contribution < -0.4 is 16.0 Å². The second-order valence-corrected chi connectivity index (χ2v) is 10.4. The fourth-order valence-electron chi connectivity index (χ4n) is 4.01. The first kappa shape index (κ1) is 25.9. The van der Waals surface area contributed by atoms with Gasteiger partial charge in [0.25, 0.3) is 0 Å². The van der Waals surface area contributed by atoms with Crippen LogP contribution in [-0.2, 0) is 20.8 Å². The molecule has 0 spiro atoms. The molecule has 0 bridgehead atoms. The lowest BCUT2D eigenvalue weighted by molar-refractivity contribution is -0.126. The highest BCUT2D eigenvalue weighted by molar-refractivity contribution is 8.14. The fourth-order valence-corrected chi connectivity index (χ4v) is 4.82. The van der Waals surface area contributed by atoms with E-state index in [4.69, 9.17) is 5.41 Å². The van der Waals surface area contributed by atoms with Gasteiger partial charge in [-0.1, -0.05) is 43.8 Å². The molecule has 6 N–H and O–H groups in total. The average molecular weight is 488 g/mol. The number of rotatable bonds is 12. The number of fused-ring (bicyclic) bond motifs is 1. The number of amides is 2. The van der Waals surface area contributed by atoms with Gasteiger partial charge in [-0.2, -0.15) is 0 Å². The first-order chi connectivity index (χ1) is 16.3. The maximum absolute atomic E-state index is 13.4. The Morgan fingerprint density at radius 1 is 1.26 bits per heavy atom. The van der Waals surface area contributed by atoms with Gasteiger partial charge in [-0.15, -0.1) is 0 Å². The Hall–Kier alpha value is -2.69. The minimum atomic E-state index is -0.966. The molecular formula is C24H33N5O4S. The zero-order valence-electron chi connectivity index (χ0n) is 19.5. The predicted octanol–water partition coefficient (Wildman–Crippen LogP) is 1.50. The van der Waals surface area contributed by atoms with E-state index in [1.165, 1.54) is 0 Å². The van der Waals surface area contributed by atoms with E-state index in [2.05, 4.69) is 20.9 Å². The molecule has 2 aromatic rings. The second kappa shape index (κ2) is 12.1. The van der Waals surface area contributed by atoms with Crippen molar-refractivity contribution in [3.63, 3.8) is 0 Å². The molecular weight excluding hydrogens is 454 g/mol. The van der Waals surface area contributed by atoms with Crippen molar-refractivity contribution in [3.8, 4) is 0 Å². The van der Waals surface area contributed by atoms with E-state index in [0.29, 0.717) is 13.0 Å². The Labute approximate surface area is 203 Å². The number of aromatic amines is 1. The van der Waals surface area contributed by atoms with Crippen molar-refractivity contribution in [2.45, 2.75) is 69.0 Å². The van der Waals surface area contributed by atoms with Crippen LogP contribution in [0.3, 0.4) is 0 Å². The summed E-state index contributed by atoms with van der Waals surface area (Å²) in [6.07, 6.45) is 2.92. The minimum Gasteiger partial charge on any atom is -0.387 e. The highest BCUT2D eigenvalue weighted by Crippen LogP contribution is 2.21. The van der Waals surface area contributed by atoms with E-state index in [-0.39, 0.29) is 47.5 Å². The number of para-hydroxylation sites is 1. The summed E-state index contributed by atoms with van der Waals surface area (Å²) >= 11 is 1.14. The van der Waals surface area contributed by atoms with E-state index >= 15 is 0 Å². The summed E-state index contributed by atoms with van der Waals surface area (Å²) in [5, 5.41) is 26.8. The largest absolute Gasteiger partial charge is 0.387 e. The third-order valence-corrected chi connectivity index (χ3v) is 6.71. The Morgan fingerprint density at radius 2 is 2.03 bits per heavy atom.